The Kier molecular flexibility index (Phi) is 10.6. The zero-order valence-electron chi connectivity index (χ0n) is 30.9. The van der Waals surface area contributed by atoms with Gasteiger partial charge in [-0.15, -0.1) is 0 Å². The Bertz CT molecular complexity index is 2380. The Morgan fingerprint density at radius 1 is 0.827 bits per heavy atom. The molecular weight excluding hydrogens is 664 g/mol. The van der Waals surface area contributed by atoms with Gasteiger partial charge < -0.3 is 38.4 Å². The van der Waals surface area contributed by atoms with Crippen molar-refractivity contribution in [3.05, 3.63) is 109 Å². The zero-order chi connectivity index (χ0) is 38.1. The van der Waals surface area contributed by atoms with E-state index in [4.69, 9.17) is 23.0 Å². The topological polar surface area (TPSA) is 149 Å². The molecule has 0 spiro atoms. The fourth-order valence-electron chi connectivity index (χ4n) is 6.03. The second-order valence-corrected chi connectivity index (χ2v) is 13.6. The van der Waals surface area contributed by atoms with Crippen LogP contribution in [-0.2, 0) is 12.8 Å². The van der Waals surface area contributed by atoms with Crippen LogP contribution in [0.3, 0.4) is 0 Å². The number of methoxy groups -OCH3 is 2. The Morgan fingerprint density at radius 3 is 2.06 bits per heavy atom. The van der Waals surface area contributed by atoms with Gasteiger partial charge >= 0.3 is 5.63 Å². The molecule has 0 fully saturated rings. The monoisotopic (exact) mass is 708 g/mol. The molecule has 272 valence electrons. The first kappa shape index (κ1) is 37.4. The highest BCUT2D eigenvalue weighted by Gasteiger charge is 2.32. The van der Waals surface area contributed by atoms with E-state index in [1.54, 1.807) is 19.1 Å². The summed E-state index contributed by atoms with van der Waals surface area (Å²) in [6.45, 7) is 13.6. The van der Waals surface area contributed by atoms with Crippen LogP contribution in [0.1, 0.15) is 64.0 Å². The zero-order valence-corrected chi connectivity index (χ0v) is 30.9. The van der Waals surface area contributed by atoms with E-state index in [1.165, 1.54) is 38.5 Å². The molecule has 3 heterocycles. The van der Waals surface area contributed by atoms with Crippen LogP contribution in [0, 0.1) is 6.92 Å². The molecule has 0 saturated carbocycles. The van der Waals surface area contributed by atoms with Crippen molar-refractivity contribution in [1.29, 1.82) is 0 Å². The van der Waals surface area contributed by atoms with Crippen LogP contribution >= 0.6 is 0 Å². The molecule has 0 radical (unpaired) electrons. The van der Waals surface area contributed by atoms with E-state index in [9.17, 15) is 24.9 Å². The van der Waals surface area contributed by atoms with Gasteiger partial charge in [-0.25, -0.2) is 4.79 Å². The van der Waals surface area contributed by atoms with Crippen LogP contribution in [0.25, 0.3) is 39.1 Å². The third-order valence-electron chi connectivity index (χ3n) is 8.56. The highest BCUT2D eigenvalue weighted by Crippen LogP contribution is 2.49. The summed E-state index contributed by atoms with van der Waals surface area (Å²) in [4.78, 5) is 25.0. The van der Waals surface area contributed by atoms with Gasteiger partial charge in [-0.2, -0.15) is 0 Å². The smallest absolute Gasteiger partial charge is 0.348 e. The third kappa shape index (κ3) is 7.42. The summed E-state index contributed by atoms with van der Waals surface area (Å²) < 4.78 is 28.7. The third-order valence-corrected chi connectivity index (χ3v) is 8.56. The van der Waals surface area contributed by atoms with Crippen molar-refractivity contribution < 1.29 is 38.4 Å². The van der Waals surface area contributed by atoms with Crippen molar-refractivity contribution >= 4 is 28.0 Å². The lowest BCUT2D eigenvalue weighted by atomic mass is 9.93. The van der Waals surface area contributed by atoms with Gasteiger partial charge in [-0.1, -0.05) is 35.4 Å². The average Bonchev–Trinajstić information content (AvgIpc) is 3.06. The van der Waals surface area contributed by atoms with E-state index < -0.39 is 11.2 Å². The summed E-state index contributed by atoms with van der Waals surface area (Å²) in [6.07, 6.45) is 8.91. The van der Waals surface area contributed by atoms with Gasteiger partial charge in [0.05, 0.1) is 19.8 Å². The highest BCUT2D eigenvalue weighted by atomic mass is 16.5. The lowest BCUT2D eigenvalue weighted by Crippen LogP contribution is -2.28. The Balaban J connectivity index is 0.000000225. The summed E-state index contributed by atoms with van der Waals surface area (Å²) in [5, 5.41) is 31.4. The largest absolute Gasteiger partial charge is 0.508 e. The Morgan fingerprint density at radius 2 is 1.46 bits per heavy atom. The Labute approximate surface area is 301 Å². The van der Waals surface area contributed by atoms with Crippen LogP contribution in [0.2, 0.25) is 0 Å². The van der Waals surface area contributed by atoms with Crippen molar-refractivity contribution in [1.82, 2.24) is 0 Å². The SMILES string of the molecule is COc1c(CC=C(C)C)c2c(c3oc(=O)c(-c4ccc(O)cc4)c(O)c13)C=CC(C)(C)O2.COc1cc(O)c2c(=O)cc(C)oc2c1CC=C(C)C. The van der Waals surface area contributed by atoms with E-state index in [-0.39, 0.29) is 39.2 Å². The lowest BCUT2D eigenvalue weighted by molar-refractivity contribution is 0.157. The fraction of sp³-hybridized carbons (Fsp3) is 0.286. The summed E-state index contributed by atoms with van der Waals surface area (Å²) in [6, 6.07) is 8.83. The predicted molar refractivity (Wildman–Crippen MR) is 203 cm³/mol. The first-order chi connectivity index (χ1) is 24.6. The van der Waals surface area contributed by atoms with Gasteiger partial charge in [0, 0.05) is 23.3 Å². The van der Waals surface area contributed by atoms with Crippen molar-refractivity contribution in [2.75, 3.05) is 14.2 Å². The Hall–Kier alpha value is -5.90. The van der Waals surface area contributed by atoms with Gasteiger partial charge in [0.2, 0.25) is 0 Å². The summed E-state index contributed by atoms with van der Waals surface area (Å²) >= 11 is 0. The first-order valence-electron chi connectivity index (χ1n) is 16.8. The number of allylic oxidation sites excluding steroid dienone is 4. The maximum Gasteiger partial charge on any atom is 0.348 e. The second kappa shape index (κ2) is 14.8. The summed E-state index contributed by atoms with van der Waals surface area (Å²) in [5.74, 6) is 1.68. The minimum Gasteiger partial charge on any atom is -0.508 e. The molecule has 1 aliphatic rings. The van der Waals surface area contributed by atoms with Gasteiger partial charge in [0.15, 0.2) is 11.0 Å². The van der Waals surface area contributed by atoms with Crippen LogP contribution in [0.4, 0.5) is 0 Å². The van der Waals surface area contributed by atoms with Gasteiger partial charge in [0.1, 0.15) is 67.8 Å². The number of hydrogen-bond donors (Lipinski definition) is 3. The lowest BCUT2D eigenvalue weighted by Gasteiger charge is -2.31. The van der Waals surface area contributed by atoms with E-state index in [0.717, 1.165) is 22.3 Å². The van der Waals surface area contributed by atoms with E-state index in [2.05, 4.69) is 6.08 Å². The minimum atomic E-state index is -0.694. The van der Waals surface area contributed by atoms with Crippen molar-refractivity contribution in [3.63, 3.8) is 0 Å². The predicted octanol–water partition coefficient (Wildman–Crippen LogP) is 8.90. The molecule has 0 saturated heterocycles. The number of hydrogen-bond acceptors (Lipinski definition) is 10. The molecule has 10 nitrogen and oxygen atoms in total. The highest BCUT2D eigenvalue weighted by molar-refractivity contribution is 6.02. The van der Waals surface area contributed by atoms with E-state index in [0.29, 0.717) is 57.9 Å². The number of aryl methyl sites for hydroxylation is 1. The quantitative estimate of drug-likeness (QED) is 0.111. The normalized spacial score (nSPS) is 12.7. The maximum atomic E-state index is 12.9. The van der Waals surface area contributed by atoms with Crippen molar-refractivity contribution in [3.8, 4) is 45.6 Å². The number of fused-ring (bicyclic) bond motifs is 4. The molecule has 52 heavy (non-hydrogen) atoms. The molecule has 2 aromatic heterocycles. The van der Waals surface area contributed by atoms with Gasteiger partial charge in [0.25, 0.3) is 0 Å². The number of phenols is 2. The number of benzene rings is 3. The minimum absolute atomic E-state index is 0.00458. The molecule has 0 atom stereocenters. The fourth-order valence-corrected chi connectivity index (χ4v) is 6.03. The molecule has 0 amide bonds. The molecule has 10 heteroatoms. The molecule has 0 aliphatic carbocycles. The number of rotatable bonds is 7. The van der Waals surface area contributed by atoms with Gasteiger partial charge in [-0.05, 0) is 91.2 Å². The number of ether oxygens (including phenoxy) is 3. The van der Waals surface area contributed by atoms with Crippen LogP contribution in [0.5, 0.6) is 34.5 Å². The molecule has 0 unspecified atom stereocenters. The molecular formula is C42H44O10. The van der Waals surface area contributed by atoms with Gasteiger partial charge in [-0.3, -0.25) is 4.79 Å². The van der Waals surface area contributed by atoms with E-state index >= 15 is 0 Å². The number of aromatic hydroxyl groups is 3. The first-order valence-corrected chi connectivity index (χ1v) is 16.8. The van der Waals surface area contributed by atoms with Crippen LogP contribution < -0.4 is 25.3 Å². The summed E-state index contributed by atoms with van der Waals surface area (Å²) in [5.41, 5.74) is 3.92. The molecule has 3 N–H and O–H groups in total. The van der Waals surface area contributed by atoms with Crippen molar-refractivity contribution in [2.24, 2.45) is 0 Å². The number of phenolic OH excluding ortho intramolecular Hbond substituents is 2. The van der Waals surface area contributed by atoms with Crippen LogP contribution in [-0.4, -0.2) is 35.1 Å². The van der Waals surface area contributed by atoms with Crippen molar-refractivity contribution in [2.45, 2.75) is 66.9 Å². The molecule has 5 aromatic rings. The summed E-state index contributed by atoms with van der Waals surface area (Å²) in [7, 11) is 3.04. The molecule has 1 aliphatic heterocycles. The second-order valence-electron chi connectivity index (χ2n) is 13.6. The standard InChI is InChI=1S/C26H26O6.C16H18O4/c1-14(2)6-11-17-22-18(12-13-26(3,4)32-22)24-20(23(17)30-5)21(28)19(25(29)31-24)15-7-9-16(27)10-8-15;1-9(2)5-6-11-14(19-4)8-13(18)15-12(17)7-10(3)20-16(11)15/h6-10,12-13,27-28H,11H2,1-5H3;5,7-8,18H,6H2,1-4H3. The molecule has 6 rings (SSSR count). The molecule has 3 aromatic carbocycles. The average molecular weight is 709 g/mol. The van der Waals surface area contributed by atoms with Crippen LogP contribution in [0.15, 0.2) is 84.2 Å². The maximum absolute atomic E-state index is 12.9. The molecule has 0 bridgehead atoms. The van der Waals surface area contributed by atoms with E-state index in [1.807, 2.05) is 59.8 Å².